The first kappa shape index (κ1) is 10.2. The Labute approximate surface area is 286 Å². The summed E-state index contributed by atoms with van der Waals surface area (Å²) in [5.74, 6) is 0. The summed E-state index contributed by atoms with van der Waals surface area (Å²) in [5, 5.41) is -7.94. The first-order valence-corrected chi connectivity index (χ1v) is 13.5. The SMILES string of the molecule is [2H]c1c([2H])c2c([2H])c([2H])c3c([2H])c([2H])c(-c4c([2H])c5c([2H])c([2H])c6c([2H])c([2H])c([2H])c7c8c([2H])c([2H])c([2H])c9c([2H])c([2H])c%10c([2H])c([2H])c([2H])c(c(c4[2H])c5c67)c%10c98)c4c([2H])c([2H])c(c1[2H])c2c34. The van der Waals surface area contributed by atoms with E-state index in [4.69, 9.17) is 16.4 Å². The number of fused-ring (bicyclic) bond motifs is 2. The quantitative estimate of drug-likeness (QED) is 0.171. The van der Waals surface area contributed by atoms with Gasteiger partial charge in [-0.15, -0.1) is 0 Å². The van der Waals surface area contributed by atoms with Crippen LogP contribution in [-0.4, -0.2) is 0 Å². The molecule has 200 valence electrons. The van der Waals surface area contributed by atoms with Crippen LogP contribution in [0.25, 0.3) is 108 Å². The predicted octanol–water partition coefficient (Wildman–Crippen LogP) is 12.6. The van der Waals surface area contributed by atoms with Gasteiger partial charge in [0.05, 0.1) is 32.9 Å². The Bertz CT molecular complexity index is 4310. The summed E-state index contributed by atoms with van der Waals surface area (Å²) in [7, 11) is 0. The second-order valence-corrected chi connectivity index (χ2v) is 10.5. The molecule has 0 fully saturated rings. The van der Waals surface area contributed by atoms with Crippen molar-refractivity contribution < 1.29 is 32.9 Å². The molecule has 0 nitrogen and oxygen atoms in total. The lowest BCUT2D eigenvalue weighted by molar-refractivity contribution is 1.72. The molecule has 0 saturated carbocycles. The molecule has 0 N–H and O–H groups in total. The smallest absolute Gasteiger partial charge is 0.0610 e. The van der Waals surface area contributed by atoms with Crippen molar-refractivity contribution in [1.29, 1.82) is 0 Å². The zero-order valence-electron chi connectivity index (χ0n) is 46.0. The summed E-state index contributed by atoms with van der Waals surface area (Å²) >= 11 is 0. The van der Waals surface area contributed by atoms with Gasteiger partial charge in [-0.2, -0.15) is 0 Å². The monoisotopic (exact) mass is 576 g/mol. The molecule has 0 aromatic heterocycles. The Balaban J connectivity index is 1.59. The second kappa shape index (κ2) is 8.01. The van der Waals surface area contributed by atoms with Crippen LogP contribution < -0.4 is 0 Å². The van der Waals surface area contributed by atoms with E-state index in [9.17, 15) is 16.4 Å². The van der Waals surface area contributed by atoms with Crippen LogP contribution in [0, 0.1) is 0 Å². The first-order chi connectivity index (χ1) is 31.9. The van der Waals surface area contributed by atoms with E-state index in [0.717, 1.165) is 0 Å². The van der Waals surface area contributed by atoms with Crippen LogP contribution in [-0.2, 0) is 0 Å². The second-order valence-electron chi connectivity index (χ2n) is 10.5. The van der Waals surface area contributed by atoms with Gasteiger partial charge in [0, 0.05) is 0 Å². The molecule has 0 amide bonds. The molecule has 0 aliphatic rings. The van der Waals surface area contributed by atoms with E-state index in [0.29, 0.717) is 0 Å². The zero-order chi connectivity index (χ0) is 49.4. The third-order valence-electron chi connectivity index (χ3n) is 8.31. The number of hydrogen-bond acceptors (Lipinski definition) is 0. The third-order valence-corrected chi connectivity index (χ3v) is 8.31. The Morgan fingerprint density at radius 1 is 0.273 bits per heavy atom. The average Bonchev–Trinajstić information content (AvgIpc) is 3.29. The maximum absolute atomic E-state index is 10.3. The molecule has 0 unspecified atom stereocenters. The van der Waals surface area contributed by atoms with Crippen molar-refractivity contribution in [3.63, 3.8) is 0 Å². The molecule has 11 aromatic carbocycles. The largest absolute Gasteiger partial charge is 0.0636 e. The minimum atomic E-state index is -0.881. The molecule has 0 aliphatic heterocycles. The Hall–Kier alpha value is -5.72. The molecular formula is C44H24. The summed E-state index contributed by atoms with van der Waals surface area (Å²) in [6.45, 7) is 0. The van der Waals surface area contributed by atoms with E-state index in [-0.39, 0.29) is 26.9 Å². The molecule has 0 radical (unpaired) electrons. The van der Waals surface area contributed by atoms with Gasteiger partial charge in [0.2, 0.25) is 0 Å². The summed E-state index contributed by atoms with van der Waals surface area (Å²) in [4.78, 5) is 0. The average molecular weight is 577 g/mol. The number of benzene rings is 10. The van der Waals surface area contributed by atoms with Gasteiger partial charge < -0.3 is 0 Å². The van der Waals surface area contributed by atoms with Crippen molar-refractivity contribution in [2.75, 3.05) is 0 Å². The lowest BCUT2D eigenvalue weighted by Gasteiger charge is -2.18. The van der Waals surface area contributed by atoms with Gasteiger partial charge in [0.15, 0.2) is 0 Å². The summed E-state index contributed by atoms with van der Waals surface area (Å²) in [5.41, 5.74) is -1.33. The molecule has 0 bridgehead atoms. The maximum Gasteiger partial charge on any atom is 0.0636 e. The van der Waals surface area contributed by atoms with E-state index in [1.807, 2.05) is 0 Å². The highest BCUT2D eigenvalue weighted by atomic mass is 14.2. The molecule has 0 spiro atoms. The molecule has 0 heteroatoms. The highest BCUT2D eigenvalue weighted by molar-refractivity contribution is 6.37. The normalized spacial score (nSPS) is 20.2. The van der Waals surface area contributed by atoms with Gasteiger partial charge in [-0.05, 0) is 120 Å². The zero-order valence-corrected chi connectivity index (χ0v) is 22.0. The van der Waals surface area contributed by atoms with E-state index in [1.165, 1.54) is 0 Å². The summed E-state index contributed by atoms with van der Waals surface area (Å²) in [6.07, 6.45) is 0. The molecule has 0 aliphatic carbocycles. The van der Waals surface area contributed by atoms with Crippen LogP contribution in [0.15, 0.2) is 145 Å². The van der Waals surface area contributed by atoms with Gasteiger partial charge in [0.1, 0.15) is 0 Å². The van der Waals surface area contributed by atoms with Crippen LogP contribution in [0.5, 0.6) is 0 Å². The molecule has 0 heterocycles. The van der Waals surface area contributed by atoms with Crippen molar-refractivity contribution in [2.45, 2.75) is 0 Å². The first-order valence-electron chi connectivity index (χ1n) is 25.5. The fourth-order valence-electron chi connectivity index (χ4n) is 6.50. The summed E-state index contributed by atoms with van der Waals surface area (Å²) < 4.78 is 222. The molecule has 0 saturated heterocycles. The van der Waals surface area contributed by atoms with Crippen molar-refractivity contribution in [2.24, 2.45) is 0 Å². The van der Waals surface area contributed by atoms with Gasteiger partial charge in [-0.25, -0.2) is 0 Å². The van der Waals surface area contributed by atoms with Crippen molar-refractivity contribution in [3.05, 3.63) is 145 Å². The molecule has 0 atom stereocenters. The van der Waals surface area contributed by atoms with E-state index < -0.39 is 226 Å². The van der Waals surface area contributed by atoms with Crippen molar-refractivity contribution in [3.8, 4) is 11.1 Å². The molecular weight excluding hydrogens is 528 g/mol. The fraction of sp³-hybridized carbons (Fsp3) is 0. The van der Waals surface area contributed by atoms with Crippen LogP contribution in [0.1, 0.15) is 32.9 Å². The third kappa shape index (κ3) is 2.79. The Morgan fingerprint density at radius 2 is 0.659 bits per heavy atom. The molecule has 44 heavy (non-hydrogen) atoms. The minimum Gasteiger partial charge on any atom is -0.0610 e. The Kier molecular flexibility index (Phi) is 1.85. The minimum absolute atomic E-state index is 0.253. The van der Waals surface area contributed by atoms with Crippen LogP contribution in [0.4, 0.5) is 0 Å². The molecule has 11 rings (SSSR count). The van der Waals surface area contributed by atoms with Crippen LogP contribution >= 0.6 is 0 Å². The number of rotatable bonds is 1. The fourth-order valence-corrected chi connectivity index (χ4v) is 6.50. The van der Waals surface area contributed by atoms with E-state index >= 15 is 0 Å². The number of hydrogen-bond donors (Lipinski definition) is 0. The lowest BCUT2D eigenvalue weighted by atomic mass is 9.85. The highest BCUT2D eigenvalue weighted by Crippen LogP contribution is 2.46. The Morgan fingerprint density at radius 3 is 1.25 bits per heavy atom. The van der Waals surface area contributed by atoms with Crippen LogP contribution in [0.2, 0.25) is 0 Å². The van der Waals surface area contributed by atoms with Gasteiger partial charge in [-0.1, -0.05) is 133 Å². The van der Waals surface area contributed by atoms with Crippen molar-refractivity contribution >= 4 is 97.0 Å². The van der Waals surface area contributed by atoms with Crippen molar-refractivity contribution in [1.82, 2.24) is 0 Å². The molecule has 11 aromatic rings. The van der Waals surface area contributed by atoms with Gasteiger partial charge >= 0.3 is 0 Å². The topological polar surface area (TPSA) is 0 Å². The highest BCUT2D eigenvalue weighted by Gasteiger charge is 2.18. The summed E-state index contributed by atoms with van der Waals surface area (Å²) in [6, 6.07) is -18.9. The van der Waals surface area contributed by atoms with Gasteiger partial charge in [0.25, 0.3) is 0 Å². The van der Waals surface area contributed by atoms with Crippen LogP contribution in [0.3, 0.4) is 0 Å². The van der Waals surface area contributed by atoms with Gasteiger partial charge in [-0.3, -0.25) is 0 Å². The standard InChI is InChI=1S/C44H24/c1-5-25-13-16-30-19-21-33(37-22-20-26(6-1)39(25)40(30)37)32-23-31-18-17-29-8-3-11-35-34-10-2-7-27-14-15-28-9-4-12-36(43(28)41(27)34)38(24-32)44(31)42(29)35/h1-24H/i1D,2D,3D,4D,5D,6D,7D,8D,9D,10D,11D,12D,13D,14D,15D,16D,17D,18D,19D,20D,21D,22D,23D,24D. The van der Waals surface area contributed by atoms with E-state index in [2.05, 4.69) is 0 Å². The lowest BCUT2D eigenvalue weighted by Crippen LogP contribution is -1.90. The van der Waals surface area contributed by atoms with E-state index in [1.54, 1.807) is 0 Å². The maximum atomic E-state index is 10.3. The predicted molar refractivity (Wildman–Crippen MR) is 192 cm³/mol.